The van der Waals surface area contributed by atoms with Crippen LogP contribution in [-0.4, -0.2) is 54.0 Å². The molecule has 1 saturated carbocycles. The number of nitrogens with one attached hydrogen (secondary N) is 1. The van der Waals surface area contributed by atoms with E-state index in [2.05, 4.69) is 43.2 Å². The second kappa shape index (κ2) is 9.04. The van der Waals surface area contributed by atoms with E-state index in [0.29, 0.717) is 18.0 Å². The highest BCUT2D eigenvalue weighted by molar-refractivity contribution is 9.10. The lowest BCUT2D eigenvalue weighted by molar-refractivity contribution is 0.0256. The first-order valence-corrected chi connectivity index (χ1v) is 10.8. The highest BCUT2D eigenvalue weighted by Gasteiger charge is 2.39. The third-order valence-corrected chi connectivity index (χ3v) is 6.50. The first-order chi connectivity index (χ1) is 14.8. The summed E-state index contributed by atoms with van der Waals surface area (Å²) in [4.78, 5) is 21.2. The third-order valence-electron chi connectivity index (χ3n) is 5.28. The highest BCUT2D eigenvalue weighted by atomic mass is 79.9. The summed E-state index contributed by atoms with van der Waals surface area (Å²) >= 11 is 9.43. The monoisotopic (exact) mass is 504 g/mol. The van der Waals surface area contributed by atoms with Crippen LogP contribution in [0.5, 0.6) is 0 Å². The number of halogens is 2. The second-order valence-electron chi connectivity index (χ2n) is 7.49. The lowest BCUT2D eigenvalue weighted by Gasteiger charge is -2.19. The predicted molar refractivity (Wildman–Crippen MR) is 119 cm³/mol. The fourth-order valence-electron chi connectivity index (χ4n) is 3.59. The lowest BCUT2D eigenvalue weighted by atomic mass is 10.1. The zero-order valence-corrected chi connectivity index (χ0v) is 18.7. The zero-order chi connectivity index (χ0) is 22.1. The molecule has 0 bridgehead atoms. The average molecular weight is 506 g/mol. The van der Waals surface area contributed by atoms with Gasteiger partial charge in [0.1, 0.15) is 23.9 Å². The van der Waals surface area contributed by atoms with E-state index in [4.69, 9.17) is 11.6 Å². The molecule has 0 amide bonds. The van der Waals surface area contributed by atoms with Crippen LogP contribution in [-0.2, 0) is 6.54 Å². The van der Waals surface area contributed by atoms with Gasteiger partial charge in [-0.05, 0) is 59.0 Å². The van der Waals surface area contributed by atoms with Gasteiger partial charge in [0, 0.05) is 16.9 Å². The van der Waals surface area contributed by atoms with E-state index < -0.39 is 18.2 Å². The van der Waals surface area contributed by atoms with E-state index in [1.807, 2.05) is 12.1 Å². The average Bonchev–Trinajstić information content (AvgIpc) is 3.31. The van der Waals surface area contributed by atoms with E-state index >= 15 is 0 Å². The van der Waals surface area contributed by atoms with Crippen molar-refractivity contribution in [2.24, 2.45) is 5.92 Å². The summed E-state index contributed by atoms with van der Waals surface area (Å²) in [7, 11) is 0. The Morgan fingerprint density at radius 2 is 2.13 bits per heavy atom. The molecule has 1 fully saturated rings. The Hall–Kier alpha value is -2.33. The summed E-state index contributed by atoms with van der Waals surface area (Å²) in [5, 5.41) is 28.2. The number of aliphatic hydroxyl groups excluding tert-OH is 2. The Morgan fingerprint density at radius 3 is 2.84 bits per heavy atom. The zero-order valence-electron chi connectivity index (χ0n) is 16.3. The van der Waals surface area contributed by atoms with Crippen molar-refractivity contribution >= 4 is 39.1 Å². The molecule has 2 aromatic heterocycles. The number of hydrogen-bond donors (Lipinski definition) is 3. The number of benzene rings is 1. The predicted octanol–water partition coefficient (Wildman–Crippen LogP) is 2.72. The SMILES string of the molecule is [CH2][C@@H]1C[C@@H](Nc2ncncc2C(=O)c2ccn(Cc3ccc(Cl)c(Br)c3)n2)[C@H](O)[C@@H]1O. The molecule has 1 radical (unpaired) electrons. The van der Waals surface area contributed by atoms with Crippen LogP contribution in [0.2, 0.25) is 5.02 Å². The third kappa shape index (κ3) is 4.64. The van der Waals surface area contributed by atoms with Gasteiger partial charge in [0.2, 0.25) is 5.78 Å². The summed E-state index contributed by atoms with van der Waals surface area (Å²) in [5.41, 5.74) is 1.45. The molecule has 3 aromatic rings. The van der Waals surface area contributed by atoms with Gasteiger partial charge in [0.05, 0.1) is 29.3 Å². The van der Waals surface area contributed by atoms with Crippen molar-refractivity contribution in [3.63, 3.8) is 0 Å². The standard InChI is InChI=1S/C21H20BrClN5O3/c1-11-6-17(20(31)18(11)29)26-21-13(8-24-10-25-21)19(30)16-4-5-28(27-16)9-12-2-3-15(23)14(22)7-12/h2-5,7-8,10-11,17-18,20,29,31H,1,6,9H2,(H,24,25,26)/t11-,17-,18-,20+/m1/s1. The molecule has 1 aliphatic rings. The van der Waals surface area contributed by atoms with Crippen molar-refractivity contribution in [3.05, 3.63) is 76.2 Å². The number of nitrogens with zero attached hydrogens (tertiary/aromatic N) is 4. The van der Waals surface area contributed by atoms with Crippen LogP contribution in [0.1, 0.15) is 28.0 Å². The van der Waals surface area contributed by atoms with Crippen molar-refractivity contribution < 1.29 is 15.0 Å². The van der Waals surface area contributed by atoms with E-state index in [1.54, 1.807) is 23.0 Å². The summed E-state index contributed by atoms with van der Waals surface area (Å²) in [6, 6.07) is 6.74. The molecular weight excluding hydrogens is 486 g/mol. The van der Waals surface area contributed by atoms with E-state index in [-0.39, 0.29) is 28.8 Å². The molecule has 3 N–H and O–H groups in total. The van der Waals surface area contributed by atoms with E-state index in [0.717, 1.165) is 10.0 Å². The Labute approximate surface area is 192 Å². The van der Waals surface area contributed by atoms with E-state index in [9.17, 15) is 15.0 Å². The first-order valence-electron chi connectivity index (χ1n) is 9.61. The minimum atomic E-state index is -1.00. The molecule has 0 unspecified atom stereocenters. The fraction of sp³-hybridized carbons (Fsp3) is 0.286. The first kappa shape index (κ1) is 21.9. The van der Waals surface area contributed by atoms with Crippen LogP contribution < -0.4 is 5.32 Å². The van der Waals surface area contributed by atoms with Gasteiger partial charge in [-0.15, -0.1) is 0 Å². The highest BCUT2D eigenvalue weighted by Crippen LogP contribution is 2.29. The largest absolute Gasteiger partial charge is 0.390 e. The molecule has 0 saturated heterocycles. The molecule has 4 rings (SSSR count). The number of hydrogen-bond acceptors (Lipinski definition) is 7. The summed E-state index contributed by atoms with van der Waals surface area (Å²) in [6.45, 7) is 4.31. The molecule has 4 atom stereocenters. The molecule has 8 nitrogen and oxygen atoms in total. The van der Waals surface area contributed by atoms with Gasteiger partial charge < -0.3 is 15.5 Å². The van der Waals surface area contributed by atoms with Crippen LogP contribution in [0.4, 0.5) is 5.82 Å². The molecule has 1 aromatic carbocycles. The van der Waals surface area contributed by atoms with Gasteiger partial charge in [0.25, 0.3) is 0 Å². The Bertz CT molecular complexity index is 1110. The lowest BCUT2D eigenvalue weighted by Crippen LogP contribution is -2.35. The van der Waals surface area contributed by atoms with Crippen molar-refractivity contribution in [2.75, 3.05) is 5.32 Å². The van der Waals surface area contributed by atoms with Crippen LogP contribution in [0.25, 0.3) is 0 Å². The van der Waals surface area contributed by atoms with Crippen LogP contribution >= 0.6 is 27.5 Å². The van der Waals surface area contributed by atoms with Crippen molar-refractivity contribution in [3.8, 4) is 0 Å². The number of carbonyl (C=O) groups excluding carboxylic acids is 1. The number of anilines is 1. The van der Waals surface area contributed by atoms with Gasteiger partial charge in [0.15, 0.2) is 0 Å². The molecule has 0 spiro atoms. The maximum Gasteiger partial charge on any atom is 0.218 e. The topological polar surface area (TPSA) is 113 Å². The van der Waals surface area contributed by atoms with Gasteiger partial charge in [-0.3, -0.25) is 9.48 Å². The number of carbonyl (C=O) groups is 1. The number of rotatable bonds is 6. The molecular formula is C21H20BrClN5O3. The van der Waals surface area contributed by atoms with Crippen molar-refractivity contribution in [1.29, 1.82) is 0 Å². The molecule has 31 heavy (non-hydrogen) atoms. The van der Waals surface area contributed by atoms with Crippen molar-refractivity contribution in [1.82, 2.24) is 19.7 Å². The second-order valence-corrected chi connectivity index (χ2v) is 8.75. The smallest absolute Gasteiger partial charge is 0.218 e. The normalized spacial score (nSPS) is 23.1. The molecule has 10 heteroatoms. The van der Waals surface area contributed by atoms with Gasteiger partial charge >= 0.3 is 0 Å². The fourth-order valence-corrected chi connectivity index (χ4v) is 4.13. The van der Waals surface area contributed by atoms with Crippen LogP contribution in [0.15, 0.2) is 47.5 Å². The van der Waals surface area contributed by atoms with Crippen LogP contribution in [0.3, 0.4) is 0 Å². The van der Waals surface area contributed by atoms with Gasteiger partial charge in [-0.2, -0.15) is 5.10 Å². The summed E-state index contributed by atoms with van der Waals surface area (Å²) < 4.78 is 2.44. The Balaban J connectivity index is 1.52. The molecule has 2 heterocycles. The van der Waals surface area contributed by atoms with Gasteiger partial charge in [-0.1, -0.05) is 17.7 Å². The minimum Gasteiger partial charge on any atom is -0.390 e. The quantitative estimate of drug-likeness (QED) is 0.442. The number of aliphatic hydroxyl groups is 2. The minimum absolute atomic E-state index is 0.233. The maximum atomic E-state index is 13.1. The molecule has 161 valence electrons. The van der Waals surface area contributed by atoms with Crippen molar-refractivity contribution in [2.45, 2.75) is 31.2 Å². The molecule has 1 aliphatic carbocycles. The Morgan fingerprint density at radius 1 is 1.32 bits per heavy atom. The molecule has 0 aliphatic heterocycles. The number of ketones is 1. The number of aromatic nitrogens is 4. The van der Waals surface area contributed by atoms with Crippen LogP contribution in [0, 0.1) is 12.8 Å². The van der Waals surface area contributed by atoms with E-state index in [1.165, 1.54) is 12.5 Å². The summed E-state index contributed by atoms with van der Waals surface area (Å²) in [6.07, 6.45) is 2.96. The van der Waals surface area contributed by atoms with Gasteiger partial charge in [-0.25, -0.2) is 9.97 Å². The Kier molecular flexibility index (Phi) is 6.38. The summed E-state index contributed by atoms with van der Waals surface area (Å²) in [5.74, 6) is -0.378. The maximum absolute atomic E-state index is 13.1.